The standard InChI is InChI=1S/C26H31BrN4O4/c1-32-19-4-5-21(27)22(14-19)30-26-25-23(28-17-29-26)15-20(34-13-10-31-8-2-3-9-31)16-24(25)35-18-6-11-33-12-7-18/h4-5,14-18H,2-3,6-13H2,1H3,(H,28,29,30). The third-order valence-electron chi connectivity index (χ3n) is 6.44. The molecule has 35 heavy (non-hydrogen) atoms. The van der Waals surface area contributed by atoms with Crippen molar-refractivity contribution in [3.8, 4) is 17.2 Å². The van der Waals surface area contributed by atoms with Crippen LogP contribution in [0, 0.1) is 0 Å². The summed E-state index contributed by atoms with van der Waals surface area (Å²) in [4.78, 5) is 11.6. The van der Waals surface area contributed by atoms with Crippen LogP contribution in [0.4, 0.5) is 11.5 Å². The van der Waals surface area contributed by atoms with Crippen LogP contribution in [0.15, 0.2) is 41.1 Å². The zero-order valence-corrected chi connectivity index (χ0v) is 21.6. The molecule has 0 bridgehead atoms. The number of halogens is 1. The van der Waals surface area contributed by atoms with Crippen LogP contribution in [0.3, 0.4) is 0 Å². The minimum Gasteiger partial charge on any atom is -0.497 e. The quantitative estimate of drug-likeness (QED) is 0.396. The molecule has 3 aromatic rings. The summed E-state index contributed by atoms with van der Waals surface area (Å²) in [6.07, 6.45) is 5.87. The molecule has 2 aliphatic heterocycles. The van der Waals surface area contributed by atoms with Gasteiger partial charge in [0.1, 0.15) is 42.1 Å². The average molecular weight is 543 g/mol. The summed E-state index contributed by atoms with van der Waals surface area (Å²) in [6, 6.07) is 9.70. The van der Waals surface area contributed by atoms with Gasteiger partial charge in [-0.3, -0.25) is 4.90 Å². The number of hydrogen-bond acceptors (Lipinski definition) is 8. The average Bonchev–Trinajstić information content (AvgIpc) is 3.39. The number of methoxy groups -OCH3 is 1. The van der Waals surface area contributed by atoms with Crippen LogP contribution in [0.25, 0.3) is 10.9 Å². The molecule has 5 rings (SSSR count). The molecule has 8 nitrogen and oxygen atoms in total. The van der Waals surface area contributed by atoms with Crippen molar-refractivity contribution < 1.29 is 18.9 Å². The van der Waals surface area contributed by atoms with Crippen LogP contribution in [-0.2, 0) is 4.74 Å². The fourth-order valence-electron chi connectivity index (χ4n) is 4.53. The SMILES string of the molecule is COc1ccc(Br)c(Nc2ncnc3cc(OCCN4CCCC4)cc(OC4CCOCC4)c23)c1. The number of nitrogens with one attached hydrogen (secondary N) is 1. The molecule has 0 atom stereocenters. The van der Waals surface area contributed by atoms with Gasteiger partial charge in [-0.1, -0.05) is 0 Å². The van der Waals surface area contributed by atoms with Crippen LogP contribution < -0.4 is 19.5 Å². The van der Waals surface area contributed by atoms with Gasteiger partial charge in [-0.25, -0.2) is 9.97 Å². The second-order valence-corrected chi connectivity index (χ2v) is 9.69. The number of nitrogens with zero attached hydrogens (tertiary/aromatic N) is 3. The highest BCUT2D eigenvalue weighted by molar-refractivity contribution is 9.10. The van der Waals surface area contributed by atoms with Crippen LogP contribution in [0.2, 0.25) is 0 Å². The number of anilines is 2. The first-order chi connectivity index (χ1) is 17.2. The summed E-state index contributed by atoms with van der Waals surface area (Å²) in [5, 5.41) is 4.26. The first kappa shape index (κ1) is 24.1. The number of fused-ring (bicyclic) bond motifs is 1. The first-order valence-electron chi connectivity index (χ1n) is 12.2. The van der Waals surface area contributed by atoms with Gasteiger partial charge >= 0.3 is 0 Å². The van der Waals surface area contributed by atoms with Gasteiger partial charge in [-0.15, -0.1) is 0 Å². The number of likely N-dealkylation sites (tertiary alicyclic amines) is 1. The van der Waals surface area contributed by atoms with Crippen molar-refractivity contribution in [2.45, 2.75) is 31.8 Å². The van der Waals surface area contributed by atoms with E-state index < -0.39 is 0 Å². The molecule has 0 spiro atoms. The maximum Gasteiger partial charge on any atom is 0.145 e. The largest absolute Gasteiger partial charge is 0.497 e. The number of hydrogen-bond donors (Lipinski definition) is 1. The molecule has 2 aromatic carbocycles. The van der Waals surface area contributed by atoms with Gasteiger partial charge in [-0.05, 0) is 54.0 Å². The Morgan fingerprint density at radius 1 is 1.09 bits per heavy atom. The van der Waals surface area contributed by atoms with Crippen molar-refractivity contribution in [2.24, 2.45) is 0 Å². The Morgan fingerprint density at radius 3 is 2.71 bits per heavy atom. The van der Waals surface area contributed by atoms with Crippen molar-refractivity contribution in [2.75, 3.05) is 51.9 Å². The smallest absolute Gasteiger partial charge is 0.145 e. The molecule has 2 saturated heterocycles. The molecule has 0 saturated carbocycles. The van der Waals surface area contributed by atoms with Gasteiger partial charge in [0.25, 0.3) is 0 Å². The third-order valence-corrected chi connectivity index (χ3v) is 7.13. The van der Waals surface area contributed by atoms with E-state index in [1.165, 1.54) is 12.8 Å². The summed E-state index contributed by atoms with van der Waals surface area (Å²) in [7, 11) is 1.65. The Bertz CT molecular complexity index is 1150. The molecule has 3 heterocycles. The van der Waals surface area contributed by atoms with Gasteiger partial charge in [0.2, 0.25) is 0 Å². The molecule has 0 aliphatic carbocycles. The van der Waals surface area contributed by atoms with Gasteiger partial charge in [0.05, 0.1) is 36.9 Å². The molecular formula is C26H31BrN4O4. The number of rotatable bonds is 9. The predicted molar refractivity (Wildman–Crippen MR) is 139 cm³/mol. The molecular weight excluding hydrogens is 512 g/mol. The summed E-state index contributed by atoms with van der Waals surface area (Å²) in [5.41, 5.74) is 1.61. The molecule has 2 fully saturated rings. The van der Waals surface area contributed by atoms with Gasteiger partial charge in [-0.2, -0.15) is 0 Å². The minimum absolute atomic E-state index is 0.0726. The predicted octanol–water partition coefficient (Wildman–Crippen LogP) is 5.18. The van der Waals surface area contributed by atoms with Crippen molar-refractivity contribution in [3.63, 3.8) is 0 Å². The van der Waals surface area contributed by atoms with E-state index in [9.17, 15) is 0 Å². The normalized spacial score (nSPS) is 17.0. The van der Waals surface area contributed by atoms with E-state index in [-0.39, 0.29) is 6.10 Å². The molecule has 1 aromatic heterocycles. The maximum absolute atomic E-state index is 6.52. The molecule has 1 N–H and O–H groups in total. The Kier molecular flexibility index (Phi) is 7.85. The maximum atomic E-state index is 6.52. The summed E-state index contributed by atoms with van der Waals surface area (Å²) in [6.45, 7) is 5.27. The van der Waals surface area contributed by atoms with E-state index in [0.717, 1.165) is 65.0 Å². The van der Waals surface area contributed by atoms with E-state index in [2.05, 4.69) is 36.1 Å². The lowest BCUT2D eigenvalue weighted by Gasteiger charge is -2.25. The van der Waals surface area contributed by atoms with E-state index in [1.807, 2.05) is 30.3 Å². The fourth-order valence-corrected chi connectivity index (χ4v) is 4.87. The molecule has 0 radical (unpaired) electrons. The van der Waals surface area contributed by atoms with Gasteiger partial charge in [0.15, 0.2) is 0 Å². The lowest BCUT2D eigenvalue weighted by molar-refractivity contribution is 0.0261. The summed E-state index contributed by atoms with van der Waals surface area (Å²) >= 11 is 3.62. The third kappa shape index (κ3) is 5.97. The molecule has 186 valence electrons. The van der Waals surface area contributed by atoms with Crippen LogP contribution in [0.1, 0.15) is 25.7 Å². The van der Waals surface area contributed by atoms with Gasteiger partial charge < -0.3 is 24.3 Å². The highest BCUT2D eigenvalue weighted by atomic mass is 79.9. The summed E-state index contributed by atoms with van der Waals surface area (Å²) < 4.78 is 24.5. The summed E-state index contributed by atoms with van der Waals surface area (Å²) in [5.74, 6) is 2.88. The highest BCUT2D eigenvalue weighted by Crippen LogP contribution is 2.38. The topological polar surface area (TPSA) is 78.0 Å². The van der Waals surface area contributed by atoms with E-state index in [0.29, 0.717) is 31.4 Å². The lowest BCUT2D eigenvalue weighted by atomic mass is 10.1. The van der Waals surface area contributed by atoms with E-state index >= 15 is 0 Å². The van der Waals surface area contributed by atoms with Crippen LogP contribution in [-0.4, -0.2) is 67.5 Å². The van der Waals surface area contributed by atoms with Crippen LogP contribution >= 0.6 is 15.9 Å². The molecule has 2 aliphatic rings. The monoisotopic (exact) mass is 542 g/mol. The Hall–Kier alpha value is -2.62. The van der Waals surface area contributed by atoms with Gasteiger partial charge in [0, 0.05) is 42.1 Å². The zero-order valence-electron chi connectivity index (χ0n) is 20.0. The van der Waals surface area contributed by atoms with E-state index in [4.69, 9.17) is 18.9 Å². The first-order valence-corrected chi connectivity index (χ1v) is 13.0. The number of ether oxygens (including phenoxy) is 4. The molecule has 0 unspecified atom stereocenters. The van der Waals surface area contributed by atoms with Crippen LogP contribution in [0.5, 0.6) is 17.2 Å². The zero-order chi connectivity index (χ0) is 24.0. The van der Waals surface area contributed by atoms with E-state index in [1.54, 1.807) is 13.4 Å². The van der Waals surface area contributed by atoms with Crippen molar-refractivity contribution in [1.82, 2.24) is 14.9 Å². The molecule has 9 heteroatoms. The number of aromatic nitrogens is 2. The second-order valence-electron chi connectivity index (χ2n) is 8.84. The fraction of sp³-hybridized carbons (Fsp3) is 0.462. The minimum atomic E-state index is 0.0726. The van der Waals surface area contributed by atoms with Crippen molar-refractivity contribution in [1.29, 1.82) is 0 Å². The van der Waals surface area contributed by atoms with Crippen molar-refractivity contribution in [3.05, 3.63) is 41.1 Å². The lowest BCUT2D eigenvalue weighted by Crippen LogP contribution is -2.26. The van der Waals surface area contributed by atoms with Crippen molar-refractivity contribution >= 4 is 38.3 Å². The number of benzene rings is 2. The molecule has 0 amide bonds. The Balaban J connectivity index is 1.46. The highest BCUT2D eigenvalue weighted by Gasteiger charge is 2.20. The Labute approximate surface area is 214 Å². The second kappa shape index (κ2) is 11.4. The Morgan fingerprint density at radius 2 is 1.91 bits per heavy atom.